The standard InChI is InChI=1S/C14H22BrNO3.ClH/c1-8(2)4-5-11(17)13(16)9-6-10(15)14(18)12(7-9)19-3;/h6-8,11,13,17-18H,4-5,16H2,1-3H3;1H/t11-,13+;/m1./s1. The molecule has 0 saturated heterocycles. The number of aromatic hydroxyl groups is 1. The van der Waals surface area contributed by atoms with Crippen molar-refractivity contribution in [2.45, 2.75) is 38.8 Å². The highest BCUT2D eigenvalue weighted by molar-refractivity contribution is 9.10. The molecule has 1 aromatic carbocycles. The Kier molecular flexibility index (Phi) is 8.51. The highest BCUT2D eigenvalue weighted by atomic mass is 79.9. The number of phenols is 1. The molecule has 1 aromatic rings. The average Bonchev–Trinajstić information content (AvgIpc) is 2.37. The summed E-state index contributed by atoms with van der Waals surface area (Å²) < 4.78 is 5.59. The molecule has 0 fully saturated rings. The third-order valence-corrected chi connectivity index (χ3v) is 3.71. The monoisotopic (exact) mass is 367 g/mol. The molecule has 0 amide bonds. The number of rotatable bonds is 6. The van der Waals surface area contributed by atoms with Crippen molar-refractivity contribution in [1.82, 2.24) is 0 Å². The summed E-state index contributed by atoms with van der Waals surface area (Å²) in [4.78, 5) is 0. The van der Waals surface area contributed by atoms with Crippen LogP contribution in [0.1, 0.15) is 38.3 Å². The molecule has 0 aliphatic carbocycles. The minimum Gasteiger partial charge on any atom is -0.503 e. The molecule has 0 spiro atoms. The largest absolute Gasteiger partial charge is 0.503 e. The van der Waals surface area contributed by atoms with E-state index in [2.05, 4.69) is 29.8 Å². The molecule has 0 aliphatic rings. The van der Waals surface area contributed by atoms with Crippen molar-refractivity contribution in [1.29, 1.82) is 0 Å². The first kappa shape index (κ1) is 19.5. The maximum Gasteiger partial charge on any atom is 0.172 e. The zero-order valence-electron chi connectivity index (χ0n) is 12.0. The number of phenolic OH excluding ortho intramolecular Hbond substituents is 1. The van der Waals surface area contributed by atoms with Gasteiger partial charge in [-0.3, -0.25) is 0 Å². The fraction of sp³-hybridized carbons (Fsp3) is 0.571. The molecule has 4 nitrogen and oxygen atoms in total. The molecular formula is C14H23BrClNO3. The minimum absolute atomic E-state index is 0. The molecule has 20 heavy (non-hydrogen) atoms. The van der Waals surface area contributed by atoms with Gasteiger partial charge in [-0.15, -0.1) is 12.4 Å². The molecule has 1 rings (SSSR count). The van der Waals surface area contributed by atoms with Crippen LogP contribution in [0.25, 0.3) is 0 Å². The lowest BCUT2D eigenvalue weighted by molar-refractivity contribution is 0.128. The van der Waals surface area contributed by atoms with Crippen LogP contribution >= 0.6 is 28.3 Å². The van der Waals surface area contributed by atoms with Crippen LogP contribution in [-0.4, -0.2) is 23.4 Å². The summed E-state index contributed by atoms with van der Waals surface area (Å²) in [5.41, 5.74) is 6.79. The maximum absolute atomic E-state index is 10.1. The van der Waals surface area contributed by atoms with Crippen LogP contribution in [0.4, 0.5) is 0 Å². The number of methoxy groups -OCH3 is 1. The van der Waals surface area contributed by atoms with Gasteiger partial charge in [0.25, 0.3) is 0 Å². The quantitative estimate of drug-likeness (QED) is 0.719. The van der Waals surface area contributed by atoms with Gasteiger partial charge in [-0.05, 0) is 52.4 Å². The van der Waals surface area contributed by atoms with Crippen LogP contribution in [-0.2, 0) is 0 Å². The van der Waals surface area contributed by atoms with E-state index in [4.69, 9.17) is 10.5 Å². The lowest BCUT2D eigenvalue weighted by Crippen LogP contribution is -2.26. The highest BCUT2D eigenvalue weighted by Crippen LogP contribution is 2.37. The number of hydrogen-bond acceptors (Lipinski definition) is 4. The Bertz CT molecular complexity index is 429. The average molecular weight is 369 g/mol. The lowest BCUT2D eigenvalue weighted by Gasteiger charge is -2.21. The second-order valence-corrected chi connectivity index (χ2v) is 5.97. The number of benzene rings is 1. The lowest BCUT2D eigenvalue weighted by atomic mass is 9.96. The van der Waals surface area contributed by atoms with Crippen LogP contribution in [0.5, 0.6) is 11.5 Å². The molecule has 0 bridgehead atoms. The number of aliphatic hydroxyl groups is 1. The summed E-state index contributed by atoms with van der Waals surface area (Å²) in [6.45, 7) is 4.22. The number of halogens is 2. The Balaban J connectivity index is 0.00000361. The van der Waals surface area contributed by atoms with Gasteiger partial charge in [-0.25, -0.2) is 0 Å². The Morgan fingerprint density at radius 1 is 1.30 bits per heavy atom. The van der Waals surface area contributed by atoms with Crippen molar-refractivity contribution in [3.8, 4) is 11.5 Å². The molecular weight excluding hydrogens is 346 g/mol. The van der Waals surface area contributed by atoms with Crippen LogP contribution in [0.15, 0.2) is 16.6 Å². The van der Waals surface area contributed by atoms with Crippen LogP contribution in [0.2, 0.25) is 0 Å². The van der Waals surface area contributed by atoms with Crippen molar-refractivity contribution in [3.63, 3.8) is 0 Å². The Labute approximate surface area is 134 Å². The first-order valence-corrected chi connectivity index (χ1v) is 7.16. The summed E-state index contributed by atoms with van der Waals surface area (Å²) in [5.74, 6) is 0.911. The van der Waals surface area contributed by atoms with Crippen molar-refractivity contribution in [3.05, 3.63) is 22.2 Å². The molecule has 0 radical (unpaired) electrons. The van der Waals surface area contributed by atoms with Gasteiger partial charge >= 0.3 is 0 Å². The fourth-order valence-corrected chi connectivity index (χ4v) is 2.31. The maximum atomic E-state index is 10.1. The molecule has 4 N–H and O–H groups in total. The molecule has 0 aromatic heterocycles. The third kappa shape index (κ3) is 5.13. The topological polar surface area (TPSA) is 75.7 Å². The summed E-state index contributed by atoms with van der Waals surface area (Å²) in [5, 5.41) is 19.8. The van der Waals surface area contributed by atoms with E-state index in [0.717, 1.165) is 12.0 Å². The number of nitrogens with two attached hydrogens (primary N) is 1. The normalized spacial score (nSPS) is 13.8. The van der Waals surface area contributed by atoms with Crippen LogP contribution in [0, 0.1) is 5.92 Å². The van der Waals surface area contributed by atoms with E-state index < -0.39 is 12.1 Å². The molecule has 0 aliphatic heterocycles. The van der Waals surface area contributed by atoms with Gasteiger partial charge in [-0.2, -0.15) is 0 Å². The minimum atomic E-state index is -0.608. The smallest absolute Gasteiger partial charge is 0.172 e. The van der Waals surface area contributed by atoms with E-state index in [-0.39, 0.29) is 18.2 Å². The summed E-state index contributed by atoms with van der Waals surface area (Å²) >= 11 is 3.25. The van der Waals surface area contributed by atoms with Crippen molar-refractivity contribution in [2.24, 2.45) is 11.7 Å². The molecule has 6 heteroatoms. The van der Waals surface area contributed by atoms with E-state index in [0.29, 0.717) is 22.6 Å². The van der Waals surface area contributed by atoms with E-state index in [9.17, 15) is 10.2 Å². The van der Waals surface area contributed by atoms with Gasteiger partial charge in [0.2, 0.25) is 0 Å². The SMILES string of the molecule is COc1cc([C@H](N)[C@H](O)CCC(C)C)cc(Br)c1O.Cl. The van der Waals surface area contributed by atoms with Gasteiger partial charge in [0.05, 0.1) is 23.7 Å². The predicted octanol–water partition coefficient (Wildman–Crippen LogP) is 3.38. The highest BCUT2D eigenvalue weighted by Gasteiger charge is 2.20. The third-order valence-electron chi connectivity index (χ3n) is 3.11. The Morgan fingerprint density at radius 3 is 2.40 bits per heavy atom. The molecule has 0 unspecified atom stereocenters. The second kappa shape index (κ2) is 8.72. The molecule has 0 heterocycles. The first-order valence-electron chi connectivity index (χ1n) is 6.36. The van der Waals surface area contributed by atoms with Crippen LogP contribution < -0.4 is 10.5 Å². The van der Waals surface area contributed by atoms with Crippen molar-refractivity contribution in [2.75, 3.05) is 7.11 Å². The van der Waals surface area contributed by atoms with E-state index in [1.807, 2.05) is 0 Å². The van der Waals surface area contributed by atoms with Gasteiger partial charge in [0.15, 0.2) is 11.5 Å². The Hall–Kier alpha value is -0.490. The van der Waals surface area contributed by atoms with Crippen LogP contribution in [0.3, 0.4) is 0 Å². The molecule has 116 valence electrons. The summed E-state index contributed by atoms with van der Waals surface area (Å²) in [6, 6.07) is 2.87. The Morgan fingerprint density at radius 2 is 1.90 bits per heavy atom. The fourth-order valence-electron chi connectivity index (χ4n) is 1.85. The number of ether oxygens (including phenoxy) is 1. The number of hydrogen-bond donors (Lipinski definition) is 3. The van der Waals surface area contributed by atoms with Crippen molar-refractivity contribution >= 4 is 28.3 Å². The zero-order valence-corrected chi connectivity index (χ0v) is 14.4. The van der Waals surface area contributed by atoms with E-state index >= 15 is 0 Å². The molecule has 2 atom stereocenters. The van der Waals surface area contributed by atoms with Crippen molar-refractivity contribution < 1.29 is 14.9 Å². The van der Waals surface area contributed by atoms with Gasteiger partial charge in [0, 0.05) is 0 Å². The summed E-state index contributed by atoms with van der Waals surface area (Å²) in [6.07, 6.45) is 0.966. The van der Waals surface area contributed by atoms with Gasteiger partial charge < -0.3 is 20.7 Å². The summed E-state index contributed by atoms with van der Waals surface area (Å²) in [7, 11) is 1.48. The predicted molar refractivity (Wildman–Crippen MR) is 86.6 cm³/mol. The van der Waals surface area contributed by atoms with Gasteiger partial charge in [0.1, 0.15) is 0 Å². The van der Waals surface area contributed by atoms with E-state index in [1.165, 1.54) is 7.11 Å². The number of aliphatic hydroxyl groups excluding tert-OH is 1. The first-order chi connectivity index (χ1) is 8.86. The van der Waals surface area contributed by atoms with E-state index in [1.54, 1.807) is 12.1 Å². The zero-order chi connectivity index (χ0) is 14.6. The second-order valence-electron chi connectivity index (χ2n) is 5.12. The van der Waals surface area contributed by atoms with Gasteiger partial charge in [-0.1, -0.05) is 13.8 Å². The molecule has 0 saturated carbocycles.